The van der Waals surface area contributed by atoms with Crippen molar-refractivity contribution in [2.24, 2.45) is 0 Å². The molecule has 2 aromatic rings. The third-order valence-corrected chi connectivity index (χ3v) is 9.33. The van der Waals surface area contributed by atoms with Gasteiger partial charge in [-0.05, 0) is 29.2 Å². The molecule has 53 heavy (non-hydrogen) atoms. The van der Waals surface area contributed by atoms with E-state index in [1.54, 1.807) is 24.5 Å². The quantitative estimate of drug-likeness (QED) is 0.183. The highest BCUT2D eigenvalue weighted by Crippen LogP contribution is 2.29. The fourth-order valence-electron chi connectivity index (χ4n) is 6.55. The number of para-hydroxylation sites is 1. The molecule has 1 atom stereocenters. The lowest BCUT2D eigenvalue weighted by Crippen LogP contribution is -2.52. The fourth-order valence-corrected chi connectivity index (χ4v) is 6.55. The van der Waals surface area contributed by atoms with E-state index in [9.17, 15) is 49.2 Å². The average Bonchev–Trinajstić information content (AvgIpc) is 3.09. The first-order chi connectivity index (χ1) is 25.4. The summed E-state index contributed by atoms with van der Waals surface area (Å²) in [5.41, 5.74) is 3.63. The number of hydrogen-bond donors (Lipinski definition) is 5. The van der Waals surface area contributed by atoms with Crippen LogP contribution in [-0.2, 0) is 35.3 Å². The van der Waals surface area contributed by atoms with Gasteiger partial charge in [0.1, 0.15) is 6.04 Å². The molecule has 2 heterocycles. The van der Waals surface area contributed by atoms with Crippen molar-refractivity contribution in [2.45, 2.75) is 31.8 Å². The number of carboxylic acid groups (broad SMARTS) is 4. The summed E-state index contributed by atoms with van der Waals surface area (Å²) in [6, 6.07) is 14.2. The molecule has 1 unspecified atom stereocenters. The van der Waals surface area contributed by atoms with E-state index < -0.39 is 35.8 Å². The van der Waals surface area contributed by atoms with Gasteiger partial charge in [0, 0.05) is 71.7 Å². The van der Waals surface area contributed by atoms with Crippen LogP contribution in [0.15, 0.2) is 48.5 Å². The highest BCUT2D eigenvalue weighted by molar-refractivity contribution is 5.97. The largest absolute Gasteiger partial charge is 0.480 e. The van der Waals surface area contributed by atoms with E-state index in [2.05, 4.69) is 5.32 Å². The Morgan fingerprint density at radius 3 is 1.66 bits per heavy atom. The topological polar surface area (TPSA) is 212 Å². The molecule has 1 saturated heterocycles. The first kappa shape index (κ1) is 40.6. The van der Waals surface area contributed by atoms with Gasteiger partial charge in [0.25, 0.3) is 0 Å². The van der Waals surface area contributed by atoms with Gasteiger partial charge >= 0.3 is 23.9 Å². The van der Waals surface area contributed by atoms with Crippen molar-refractivity contribution in [3.8, 4) is 0 Å². The summed E-state index contributed by atoms with van der Waals surface area (Å²) >= 11 is 0. The molecule has 0 aromatic heterocycles. The molecule has 0 saturated carbocycles. The van der Waals surface area contributed by atoms with Crippen LogP contribution in [0.25, 0.3) is 12.2 Å². The number of anilines is 1. The Morgan fingerprint density at radius 1 is 0.623 bits per heavy atom. The highest BCUT2D eigenvalue weighted by Gasteiger charge is 2.29. The minimum Gasteiger partial charge on any atom is -0.480 e. The summed E-state index contributed by atoms with van der Waals surface area (Å²) in [4.78, 5) is 81.9. The Morgan fingerprint density at radius 2 is 1.11 bits per heavy atom. The summed E-state index contributed by atoms with van der Waals surface area (Å²) in [6.45, 7) is 0.714. The Kier molecular flexibility index (Phi) is 15.5. The number of rotatable bonds is 14. The number of nitrogens with zero attached hydrogens (tertiary/aromatic N) is 5. The molecule has 2 aliphatic rings. The van der Waals surface area contributed by atoms with Crippen molar-refractivity contribution in [1.29, 1.82) is 0 Å². The fraction of sp³-hybridized carbons (Fsp3) is 0.459. The second-order valence-corrected chi connectivity index (χ2v) is 13.1. The number of carbonyl (C=O) groups excluding carboxylic acids is 2. The molecule has 2 amide bonds. The molecular formula is C37H48N6O10. The van der Waals surface area contributed by atoms with Gasteiger partial charge in [-0.15, -0.1) is 0 Å². The molecule has 4 rings (SSSR count). The van der Waals surface area contributed by atoms with Gasteiger partial charge in [0.2, 0.25) is 11.8 Å². The van der Waals surface area contributed by atoms with Gasteiger partial charge in [0.15, 0.2) is 0 Å². The zero-order valence-corrected chi connectivity index (χ0v) is 29.6. The summed E-state index contributed by atoms with van der Waals surface area (Å²) in [7, 11) is 0. The van der Waals surface area contributed by atoms with Crippen LogP contribution in [0.3, 0.4) is 0 Å². The minimum atomic E-state index is -1.19. The maximum Gasteiger partial charge on any atom is 0.320 e. The van der Waals surface area contributed by atoms with Crippen LogP contribution in [0.4, 0.5) is 5.69 Å². The van der Waals surface area contributed by atoms with Crippen molar-refractivity contribution in [2.75, 3.05) is 83.4 Å². The Labute approximate surface area is 307 Å². The molecule has 0 bridgehead atoms. The van der Waals surface area contributed by atoms with Crippen LogP contribution < -0.4 is 10.2 Å². The van der Waals surface area contributed by atoms with Crippen LogP contribution in [0.1, 0.15) is 36.0 Å². The molecule has 5 N–H and O–H groups in total. The third kappa shape index (κ3) is 13.1. The predicted octanol–water partition coefficient (Wildman–Crippen LogP) is 0.919. The van der Waals surface area contributed by atoms with Gasteiger partial charge < -0.3 is 30.6 Å². The van der Waals surface area contributed by atoms with Crippen molar-refractivity contribution in [3.63, 3.8) is 0 Å². The van der Waals surface area contributed by atoms with Crippen LogP contribution >= 0.6 is 0 Å². The maximum absolute atomic E-state index is 13.5. The Balaban J connectivity index is 1.39. The first-order valence-corrected chi connectivity index (χ1v) is 17.6. The van der Waals surface area contributed by atoms with Crippen LogP contribution in [0.5, 0.6) is 0 Å². The molecular weight excluding hydrogens is 688 g/mol. The number of fused-ring (bicyclic) bond motifs is 2. The standard InChI is InChI=1S/C37H48N6O10/c44-32(38-14-13-33(45)43-23-29-7-2-1-5-27(29)9-10-28-6-3-4-8-30(28)43)12-11-31(37(52)53)42-21-19-40(25-35(48)49)17-15-39(24-34(46)47)16-18-41(20-22-42)26-36(50)51/h1-10,31H,11-26H2,(H,38,44)(H,46,47)(H,48,49)(H,50,51)(H,52,53)/b10-9-. The third-order valence-electron chi connectivity index (χ3n) is 9.33. The number of carboxylic acids is 4. The summed E-state index contributed by atoms with van der Waals surface area (Å²) in [5.74, 6) is -5.06. The number of hydrogen-bond acceptors (Lipinski definition) is 10. The van der Waals surface area contributed by atoms with E-state index in [1.165, 1.54) is 0 Å². The monoisotopic (exact) mass is 736 g/mol. The minimum absolute atomic E-state index is 0.0170. The maximum atomic E-state index is 13.5. The van der Waals surface area contributed by atoms with Gasteiger partial charge in [-0.25, -0.2) is 0 Å². The van der Waals surface area contributed by atoms with Crippen molar-refractivity contribution in [1.82, 2.24) is 24.9 Å². The second-order valence-electron chi connectivity index (χ2n) is 13.1. The number of amides is 2. The molecule has 16 nitrogen and oxygen atoms in total. The van der Waals surface area contributed by atoms with Crippen molar-refractivity contribution >= 4 is 53.5 Å². The summed E-state index contributed by atoms with van der Waals surface area (Å²) in [6.07, 6.45) is 3.77. The smallest absolute Gasteiger partial charge is 0.320 e. The zero-order valence-electron chi connectivity index (χ0n) is 29.6. The van der Waals surface area contributed by atoms with Gasteiger partial charge in [-0.3, -0.25) is 48.4 Å². The van der Waals surface area contributed by atoms with E-state index in [-0.39, 0.29) is 104 Å². The van der Waals surface area contributed by atoms with E-state index in [0.29, 0.717) is 6.54 Å². The van der Waals surface area contributed by atoms with Gasteiger partial charge in [0.05, 0.1) is 31.9 Å². The Hall–Kier alpha value is -5.16. The number of aliphatic carboxylic acids is 4. The highest BCUT2D eigenvalue weighted by atomic mass is 16.4. The molecule has 0 spiro atoms. The predicted molar refractivity (Wildman–Crippen MR) is 195 cm³/mol. The molecule has 16 heteroatoms. The molecule has 0 radical (unpaired) electrons. The van der Waals surface area contributed by atoms with Crippen LogP contribution in [0.2, 0.25) is 0 Å². The number of nitrogens with one attached hydrogen (secondary N) is 1. The molecule has 286 valence electrons. The van der Waals surface area contributed by atoms with Crippen LogP contribution in [0, 0.1) is 0 Å². The van der Waals surface area contributed by atoms with Gasteiger partial charge in [-0.1, -0.05) is 54.6 Å². The normalized spacial score (nSPS) is 17.8. The summed E-state index contributed by atoms with van der Waals surface area (Å²) in [5, 5.41) is 41.3. The van der Waals surface area contributed by atoms with Gasteiger partial charge in [-0.2, -0.15) is 0 Å². The summed E-state index contributed by atoms with van der Waals surface area (Å²) < 4.78 is 0. The second kappa shape index (κ2) is 20.2. The molecule has 2 aromatic carbocycles. The van der Waals surface area contributed by atoms with Crippen LogP contribution in [-0.4, -0.2) is 160 Å². The lowest BCUT2D eigenvalue weighted by atomic mass is 10.0. The SMILES string of the molecule is O=C(O)CN1CCN(CC(=O)O)CCN(C(CCC(=O)NCCC(=O)N2Cc3ccccc3/C=C\c3ccccc32)C(=O)O)CCN(CC(=O)O)CC1. The molecule has 2 aliphatic heterocycles. The molecule has 0 aliphatic carbocycles. The Bertz CT molecular complexity index is 1620. The van der Waals surface area contributed by atoms with Crippen molar-refractivity contribution in [3.05, 3.63) is 65.2 Å². The van der Waals surface area contributed by atoms with E-state index in [0.717, 1.165) is 22.4 Å². The van der Waals surface area contributed by atoms with E-state index in [4.69, 9.17) is 0 Å². The van der Waals surface area contributed by atoms with E-state index >= 15 is 0 Å². The lowest BCUT2D eigenvalue weighted by Gasteiger charge is -2.35. The average molecular weight is 737 g/mol. The first-order valence-electron chi connectivity index (χ1n) is 17.6. The van der Waals surface area contributed by atoms with Crippen molar-refractivity contribution < 1.29 is 49.2 Å². The lowest BCUT2D eigenvalue weighted by molar-refractivity contribution is -0.145. The number of carbonyl (C=O) groups is 6. The molecule has 1 fully saturated rings. The number of benzene rings is 2. The van der Waals surface area contributed by atoms with E-state index in [1.807, 2.05) is 60.7 Å². The zero-order chi connectivity index (χ0) is 38.3.